The summed E-state index contributed by atoms with van der Waals surface area (Å²) in [6, 6.07) is 0.876. The largest absolute Gasteiger partial charge is 0.525 e. The first kappa shape index (κ1) is 7.98. The van der Waals surface area contributed by atoms with E-state index in [4.69, 9.17) is 16.0 Å². The first-order valence-electron chi connectivity index (χ1n) is 2.46. The van der Waals surface area contributed by atoms with Gasteiger partial charge in [-0.2, -0.15) is 0 Å². The van der Waals surface area contributed by atoms with Crippen LogP contribution in [-0.4, -0.2) is 21.6 Å². The van der Waals surface area contributed by atoms with Gasteiger partial charge >= 0.3 is 0 Å². The fourth-order valence-corrected chi connectivity index (χ4v) is 1.14. The molecule has 0 atom stereocenters. The van der Waals surface area contributed by atoms with Gasteiger partial charge in [0.15, 0.2) is 0 Å². The summed E-state index contributed by atoms with van der Waals surface area (Å²) in [5, 5.41) is 0. The molecule has 0 aliphatic heterocycles. The van der Waals surface area contributed by atoms with Crippen LogP contribution in [-0.2, 0) is 9.22 Å². The van der Waals surface area contributed by atoms with Crippen LogP contribution in [0, 0.1) is 0 Å². The van der Waals surface area contributed by atoms with Gasteiger partial charge in [0.25, 0.3) is 5.97 Å². The van der Waals surface area contributed by atoms with Crippen LogP contribution in [0.5, 0.6) is 0 Å². The highest BCUT2D eigenvalue weighted by Crippen LogP contribution is 1.84. The zero-order valence-electron chi connectivity index (χ0n) is 4.82. The van der Waals surface area contributed by atoms with Crippen molar-refractivity contribution in [1.29, 1.82) is 0 Å². The lowest BCUT2D eigenvalue weighted by molar-refractivity contribution is -0.131. The molecule has 0 aromatic rings. The van der Waals surface area contributed by atoms with Crippen molar-refractivity contribution in [2.45, 2.75) is 13.0 Å². The Balaban J connectivity index is 2.82. The van der Waals surface area contributed by atoms with Gasteiger partial charge in [-0.1, -0.05) is 0 Å². The maximum Gasteiger partial charge on any atom is 0.288 e. The van der Waals surface area contributed by atoms with Crippen molar-refractivity contribution in [2.24, 2.45) is 0 Å². The van der Waals surface area contributed by atoms with Crippen LogP contribution < -0.4 is 0 Å². The Morgan fingerprint density at radius 2 is 2.50 bits per heavy atom. The smallest absolute Gasteiger partial charge is 0.288 e. The molecule has 0 aliphatic rings. The van der Waals surface area contributed by atoms with Crippen LogP contribution in [0.25, 0.3) is 0 Å². The lowest BCUT2D eigenvalue weighted by Crippen LogP contribution is -2.03. The third-order valence-electron chi connectivity index (χ3n) is 0.583. The second kappa shape index (κ2) is 5.12. The molecular formula is C4H9ClO2Si. The average molecular weight is 153 g/mol. The van der Waals surface area contributed by atoms with Gasteiger partial charge in [-0.15, -0.1) is 11.6 Å². The van der Waals surface area contributed by atoms with Crippen molar-refractivity contribution in [3.05, 3.63) is 0 Å². The van der Waals surface area contributed by atoms with Crippen LogP contribution >= 0.6 is 11.6 Å². The fourth-order valence-electron chi connectivity index (χ4n) is 0.270. The van der Waals surface area contributed by atoms with Gasteiger partial charge in [-0.05, 0) is 6.04 Å². The summed E-state index contributed by atoms with van der Waals surface area (Å²) in [7, 11) is -0.618. The number of alkyl halides is 1. The van der Waals surface area contributed by atoms with Gasteiger partial charge in [-0.25, -0.2) is 0 Å². The third-order valence-corrected chi connectivity index (χ3v) is 2.55. The monoisotopic (exact) mass is 152 g/mol. The maximum absolute atomic E-state index is 10.1. The molecule has 0 bridgehead atoms. The van der Waals surface area contributed by atoms with Crippen molar-refractivity contribution in [1.82, 2.24) is 0 Å². The molecule has 0 N–H and O–H groups in total. The number of carbonyl (C=O) groups is 1. The van der Waals surface area contributed by atoms with E-state index in [9.17, 15) is 4.79 Å². The predicted octanol–water partition coefficient (Wildman–Crippen LogP) is 0.290. The van der Waals surface area contributed by atoms with Gasteiger partial charge in [-0.3, -0.25) is 4.79 Å². The minimum Gasteiger partial charge on any atom is -0.525 e. The lowest BCUT2D eigenvalue weighted by Gasteiger charge is -1.95. The molecular weight excluding hydrogens is 144 g/mol. The third kappa shape index (κ3) is 5.98. The second-order valence-electron chi connectivity index (χ2n) is 1.38. The van der Waals surface area contributed by atoms with E-state index in [0.717, 1.165) is 6.04 Å². The fraction of sp³-hybridized carbons (Fsp3) is 0.750. The highest BCUT2D eigenvalue weighted by atomic mass is 35.5. The van der Waals surface area contributed by atoms with E-state index in [2.05, 4.69) is 0 Å². The molecule has 0 unspecified atom stereocenters. The van der Waals surface area contributed by atoms with Crippen molar-refractivity contribution < 1.29 is 9.22 Å². The van der Waals surface area contributed by atoms with Crippen LogP contribution in [0.1, 0.15) is 6.92 Å². The summed E-state index contributed by atoms with van der Waals surface area (Å²) in [6.45, 7) is 1.42. The molecule has 0 saturated heterocycles. The van der Waals surface area contributed by atoms with Crippen molar-refractivity contribution in [3.8, 4) is 0 Å². The molecule has 0 rings (SSSR count). The van der Waals surface area contributed by atoms with E-state index in [1.165, 1.54) is 6.92 Å². The summed E-state index contributed by atoms with van der Waals surface area (Å²) in [5.41, 5.74) is 0. The van der Waals surface area contributed by atoms with Crippen LogP contribution in [0.2, 0.25) is 6.04 Å². The quantitative estimate of drug-likeness (QED) is 0.330. The molecule has 4 heteroatoms. The van der Waals surface area contributed by atoms with E-state index >= 15 is 0 Å². The van der Waals surface area contributed by atoms with Gasteiger partial charge in [0.1, 0.15) is 0 Å². The van der Waals surface area contributed by atoms with E-state index in [-0.39, 0.29) is 5.97 Å². The first-order valence-corrected chi connectivity index (χ1v) is 4.58. The lowest BCUT2D eigenvalue weighted by atomic mass is 10.9. The number of hydrogen-bond acceptors (Lipinski definition) is 2. The normalized spacial score (nSPS) is 10.2. The predicted molar refractivity (Wildman–Crippen MR) is 35.8 cm³/mol. The van der Waals surface area contributed by atoms with Crippen molar-refractivity contribution in [2.75, 3.05) is 5.88 Å². The highest BCUT2D eigenvalue weighted by molar-refractivity contribution is 6.33. The Labute approximate surface area is 56.1 Å². The minimum atomic E-state index is -0.618. The molecule has 0 aromatic carbocycles. The van der Waals surface area contributed by atoms with E-state index in [1.54, 1.807) is 0 Å². The van der Waals surface area contributed by atoms with Gasteiger partial charge < -0.3 is 4.43 Å². The summed E-state index contributed by atoms with van der Waals surface area (Å²) in [4.78, 5) is 10.1. The number of rotatable bonds is 3. The summed E-state index contributed by atoms with van der Waals surface area (Å²) in [5.74, 6) is 0.432. The topological polar surface area (TPSA) is 26.3 Å². The van der Waals surface area contributed by atoms with Crippen molar-refractivity contribution in [3.63, 3.8) is 0 Å². The van der Waals surface area contributed by atoms with Gasteiger partial charge in [0, 0.05) is 12.8 Å². The standard InChI is InChI=1S/C4H9ClO2Si/c1-4(6)7-8-3-2-5/h2-3,8H2,1H3. The molecule has 0 spiro atoms. The number of hydrogen-bond donors (Lipinski definition) is 0. The maximum atomic E-state index is 10.1. The SMILES string of the molecule is CC(=O)O[SiH2]CCCl. The highest BCUT2D eigenvalue weighted by Gasteiger charge is 1.90. The van der Waals surface area contributed by atoms with Gasteiger partial charge in [0.05, 0.1) is 0 Å². The molecule has 0 saturated carbocycles. The van der Waals surface area contributed by atoms with Crippen LogP contribution in [0.15, 0.2) is 0 Å². The zero-order valence-corrected chi connectivity index (χ0v) is 6.99. The van der Waals surface area contributed by atoms with E-state index in [1.807, 2.05) is 0 Å². The molecule has 0 fully saturated rings. The Hall–Kier alpha value is -0.0231. The Morgan fingerprint density at radius 3 is 2.88 bits per heavy atom. The minimum absolute atomic E-state index is 0.179. The molecule has 0 radical (unpaired) electrons. The zero-order chi connectivity index (χ0) is 6.41. The summed E-state index contributed by atoms with van der Waals surface area (Å²) < 4.78 is 4.70. The van der Waals surface area contributed by atoms with E-state index < -0.39 is 9.76 Å². The molecule has 0 heterocycles. The van der Waals surface area contributed by atoms with E-state index in [0.29, 0.717) is 5.88 Å². The average Bonchev–Trinajstić information content (AvgIpc) is 1.66. The number of halogens is 1. The summed E-state index contributed by atoms with van der Waals surface area (Å²) >= 11 is 5.33. The second-order valence-corrected chi connectivity index (χ2v) is 3.16. The molecule has 8 heavy (non-hydrogen) atoms. The Bertz CT molecular complexity index is 76.4. The molecule has 0 aliphatic carbocycles. The van der Waals surface area contributed by atoms with Crippen LogP contribution in [0.4, 0.5) is 0 Å². The first-order chi connectivity index (χ1) is 3.77. The molecule has 2 nitrogen and oxygen atoms in total. The Morgan fingerprint density at radius 1 is 1.88 bits per heavy atom. The summed E-state index contributed by atoms with van der Waals surface area (Å²) in [6.07, 6.45) is 0. The van der Waals surface area contributed by atoms with Crippen LogP contribution in [0.3, 0.4) is 0 Å². The van der Waals surface area contributed by atoms with Crippen molar-refractivity contribution >= 4 is 27.3 Å². The molecule has 48 valence electrons. The number of carbonyl (C=O) groups excluding carboxylic acids is 1. The van der Waals surface area contributed by atoms with Gasteiger partial charge in [0.2, 0.25) is 9.76 Å². The molecule has 0 aromatic heterocycles. The molecule has 0 amide bonds. The Kier molecular flexibility index (Phi) is 5.11.